The molecule has 3 heterocycles. The SMILES string of the molecule is FC(F)(F)c1ccc(C=Cc2nc(COc3ccc(CCCCn4cncn4)nn3)co2)cc1. The van der Waals surface area contributed by atoms with E-state index in [0.717, 1.165) is 43.6 Å². The number of oxazole rings is 1. The summed E-state index contributed by atoms with van der Waals surface area (Å²) in [6.45, 7) is 0.956. The Morgan fingerprint density at radius 3 is 2.53 bits per heavy atom. The second-order valence-electron chi connectivity index (χ2n) is 7.40. The first-order valence-corrected chi connectivity index (χ1v) is 10.5. The molecule has 0 spiro atoms. The Hall–Kier alpha value is -4.02. The first-order valence-electron chi connectivity index (χ1n) is 10.5. The zero-order valence-electron chi connectivity index (χ0n) is 18.0. The number of alkyl halides is 3. The van der Waals surface area contributed by atoms with Gasteiger partial charge in [0.15, 0.2) is 0 Å². The zero-order chi connectivity index (χ0) is 23.8. The molecule has 0 atom stereocenters. The van der Waals surface area contributed by atoms with Gasteiger partial charge in [-0.2, -0.15) is 23.4 Å². The third-order valence-corrected chi connectivity index (χ3v) is 4.83. The first-order chi connectivity index (χ1) is 16.5. The van der Waals surface area contributed by atoms with Crippen molar-refractivity contribution in [2.75, 3.05) is 0 Å². The smallest absolute Gasteiger partial charge is 0.416 e. The highest BCUT2D eigenvalue weighted by Crippen LogP contribution is 2.29. The molecule has 0 saturated carbocycles. The third-order valence-electron chi connectivity index (χ3n) is 4.83. The minimum absolute atomic E-state index is 0.142. The lowest BCUT2D eigenvalue weighted by molar-refractivity contribution is -0.137. The van der Waals surface area contributed by atoms with E-state index in [0.29, 0.717) is 23.0 Å². The quantitative estimate of drug-likeness (QED) is 0.306. The summed E-state index contributed by atoms with van der Waals surface area (Å²) in [6.07, 6.45) is 6.22. The Morgan fingerprint density at radius 1 is 0.971 bits per heavy atom. The number of nitrogens with zero attached hydrogens (tertiary/aromatic N) is 6. The standard InChI is InChI=1S/C23H21F3N6O2/c24-23(25,26)18-7-4-17(5-8-18)6-10-21-29-20(13-33-21)14-34-22-11-9-19(30-31-22)3-1-2-12-32-16-27-15-28-32/h4-11,13,15-16H,1-3,12,14H2. The van der Waals surface area contributed by atoms with Gasteiger partial charge >= 0.3 is 6.18 Å². The number of benzene rings is 1. The van der Waals surface area contributed by atoms with Crippen LogP contribution in [0.5, 0.6) is 5.88 Å². The van der Waals surface area contributed by atoms with Gasteiger partial charge in [0.25, 0.3) is 0 Å². The summed E-state index contributed by atoms with van der Waals surface area (Å²) in [5, 5.41) is 12.3. The minimum Gasteiger partial charge on any atom is -0.470 e. The van der Waals surface area contributed by atoms with Crippen molar-refractivity contribution in [3.63, 3.8) is 0 Å². The van der Waals surface area contributed by atoms with Crippen LogP contribution in [0.2, 0.25) is 0 Å². The van der Waals surface area contributed by atoms with Crippen LogP contribution in [0, 0.1) is 0 Å². The molecule has 0 fully saturated rings. The lowest BCUT2D eigenvalue weighted by atomic mass is 10.1. The molecule has 0 N–H and O–H groups in total. The van der Waals surface area contributed by atoms with E-state index in [4.69, 9.17) is 9.15 Å². The topological polar surface area (TPSA) is 91.8 Å². The van der Waals surface area contributed by atoms with Crippen LogP contribution in [0.1, 0.15) is 41.2 Å². The highest BCUT2D eigenvalue weighted by Gasteiger charge is 2.29. The van der Waals surface area contributed by atoms with Gasteiger partial charge in [-0.1, -0.05) is 12.1 Å². The molecule has 0 bridgehead atoms. The van der Waals surface area contributed by atoms with Crippen molar-refractivity contribution in [1.82, 2.24) is 29.9 Å². The molecule has 3 aromatic heterocycles. The first kappa shape index (κ1) is 23.1. The van der Waals surface area contributed by atoms with Crippen LogP contribution in [0.15, 0.2) is 59.7 Å². The predicted molar refractivity (Wildman–Crippen MR) is 116 cm³/mol. The predicted octanol–water partition coefficient (Wildman–Crippen LogP) is 4.85. The van der Waals surface area contributed by atoms with E-state index in [2.05, 4.69) is 25.3 Å². The Labute approximate surface area is 193 Å². The van der Waals surface area contributed by atoms with E-state index in [1.165, 1.54) is 24.7 Å². The van der Waals surface area contributed by atoms with Crippen LogP contribution in [-0.4, -0.2) is 29.9 Å². The molecule has 11 heteroatoms. The fourth-order valence-electron chi connectivity index (χ4n) is 3.05. The van der Waals surface area contributed by atoms with Crippen LogP contribution in [-0.2, 0) is 25.7 Å². The molecule has 8 nitrogen and oxygen atoms in total. The number of aryl methyl sites for hydroxylation is 2. The van der Waals surface area contributed by atoms with Gasteiger partial charge in [0, 0.05) is 18.7 Å². The Morgan fingerprint density at radius 2 is 1.82 bits per heavy atom. The summed E-state index contributed by atoms with van der Waals surface area (Å²) in [5.74, 6) is 0.682. The fraction of sp³-hybridized carbons (Fsp3) is 0.261. The lowest BCUT2D eigenvalue weighted by Crippen LogP contribution is -2.03. The molecule has 176 valence electrons. The number of aromatic nitrogens is 6. The van der Waals surface area contributed by atoms with E-state index in [1.54, 1.807) is 29.2 Å². The number of hydrogen-bond donors (Lipinski definition) is 0. The van der Waals surface area contributed by atoms with Gasteiger partial charge in [-0.05, 0) is 49.1 Å². The molecule has 0 radical (unpaired) electrons. The summed E-state index contributed by atoms with van der Waals surface area (Å²) in [5.41, 5.74) is 1.33. The van der Waals surface area contributed by atoms with Crippen molar-refractivity contribution in [2.45, 2.75) is 38.6 Å². The second kappa shape index (κ2) is 10.7. The van der Waals surface area contributed by atoms with Crippen molar-refractivity contribution in [3.8, 4) is 5.88 Å². The van der Waals surface area contributed by atoms with Crippen molar-refractivity contribution >= 4 is 12.2 Å². The maximum atomic E-state index is 12.6. The molecular weight excluding hydrogens is 449 g/mol. The van der Waals surface area contributed by atoms with Crippen molar-refractivity contribution in [3.05, 3.63) is 83.7 Å². The monoisotopic (exact) mass is 470 g/mol. The molecule has 0 unspecified atom stereocenters. The largest absolute Gasteiger partial charge is 0.470 e. The van der Waals surface area contributed by atoms with Gasteiger partial charge in [-0.15, -0.1) is 5.10 Å². The molecule has 0 amide bonds. The van der Waals surface area contributed by atoms with E-state index in [9.17, 15) is 13.2 Å². The molecule has 0 aliphatic rings. The molecule has 0 saturated heterocycles. The fourth-order valence-corrected chi connectivity index (χ4v) is 3.05. The van der Waals surface area contributed by atoms with Crippen LogP contribution in [0.3, 0.4) is 0 Å². The van der Waals surface area contributed by atoms with Crippen LogP contribution < -0.4 is 4.74 Å². The lowest BCUT2D eigenvalue weighted by Gasteiger charge is -2.05. The van der Waals surface area contributed by atoms with Crippen molar-refractivity contribution in [1.29, 1.82) is 0 Å². The Kier molecular flexibility index (Phi) is 7.31. The molecule has 0 aliphatic carbocycles. The summed E-state index contributed by atoms with van der Waals surface area (Å²) >= 11 is 0. The van der Waals surface area contributed by atoms with Gasteiger partial charge in [0.05, 0.1) is 11.3 Å². The Bertz CT molecular complexity index is 1190. The van der Waals surface area contributed by atoms with Gasteiger partial charge in [0.2, 0.25) is 11.8 Å². The maximum absolute atomic E-state index is 12.6. The average molecular weight is 470 g/mol. The number of hydrogen-bond acceptors (Lipinski definition) is 7. The van der Waals surface area contributed by atoms with Gasteiger partial charge < -0.3 is 9.15 Å². The van der Waals surface area contributed by atoms with Gasteiger partial charge in [-0.25, -0.2) is 9.97 Å². The zero-order valence-corrected chi connectivity index (χ0v) is 18.0. The van der Waals surface area contributed by atoms with Crippen molar-refractivity contribution < 1.29 is 22.3 Å². The maximum Gasteiger partial charge on any atom is 0.416 e. The molecule has 4 rings (SSSR count). The third kappa shape index (κ3) is 6.74. The highest BCUT2D eigenvalue weighted by atomic mass is 19.4. The number of unbranched alkanes of at least 4 members (excludes halogenated alkanes) is 1. The second-order valence-corrected chi connectivity index (χ2v) is 7.40. The van der Waals surface area contributed by atoms with E-state index < -0.39 is 11.7 Å². The van der Waals surface area contributed by atoms with Crippen molar-refractivity contribution in [2.24, 2.45) is 0 Å². The summed E-state index contributed by atoms with van der Waals surface area (Å²) < 4.78 is 50.6. The summed E-state index contributed by atoms with van der Waals surface area (Å²) in [6, 6.07) is 8.45. The number of ether oxygens (including phenoxy) is 1. The normalized spacial score (nSPS) is 11.9. The average Bonchev–Trinajstić information content (AvgIpc) is 3.52. The van der Waals surface area contributed by atoms with E-state index >= 15 is 0 Å². The number of rotatable bonds is 10. The highest BCUT2D eigenvalue weighted by molar-refractivity contribution is 5.66. The van der Waals surface area contributed by atoms with Crippen LogP contribution >= 0.6 is 0 Å². The van der Waals surface area contributed by atoms with E-state index in [-0.39, 0.29) is 6.61 Å². The number of halogens is 3. The van der Waals surface area contributed by atoms with Gasteiger partial charge in [0.1, 0.15) is 31.2 Å². The molecule has 34 heavy (non-hydrogen) atoms. The molecular formula is C23H21F3N6O2. The van der Waals surface area contributed by atoms with E-state index in [1.807, 2.05) is 6.07 Å². The van der Waals surface area contributed by atoms with Crippen LogP contribution in [0.4, 0.5) is 13.2 Å². The van der Waals surface area contributed by atoms with Gasteiger partial charge in [-0.3, -0.25) is 4.68 Å². The summed E-state index contributed by atoms with van der Waals surface area (Å²) in [4.78, 5) is 8.18. The Balaban J connectivity index is 1.21. The molecule has 4 aromatic rings. The minimum atomic E-state index is -4.36. The summed E-state index contributed by atoms with van der Waals surface area (Å²) in [7, 11) is 0. The molecule has 0 aliphatic heterocycles. The molecule has 1 aromatic carbocycles. The van der Waals surface area contributed by atoms with Crippen LogP contribution in [0.25, 0.3) is 12.2 Å².